The van der Waals surface area contributed by atoms with Gasteiger partial charge in [0.15, 0.2) is 0 Å². The minimum Gasteiger partial charge on any atom is -0.383 e. The van der Waals surface area contributed by atoms with E-state index in [-0.39, 0.29) is 0 Å². The van der Waals surface area contributed by atoms with Gasteiger partial charge in [-0.3, -0.25) is 0 Å². The predicted octanol–water partition coefficient (Wildman–Crippen LogP) is 3.06. The molecule has 1 saturated carbocycles. The summed E-state index contributed by atoms with van der Waals surface area (Å²) in [7, 11) is 0. The summed E-state index contributed by atoms with van der Waals surface area (Å²) in [5.74, 6) is 1.35. The van der Waals surface area contributed by atoms with E-state index in [1.807, 2.05) is 6.20 Å². The van der Waals surface area contributed by atoms with E-state index in [4.69, 9.17) is 5.73 Å². The fourth-order valence-corrected chi connectivity index (χ4v) is 2.70. The summed E-state index contributed by atoms with van der Waals surface area (Å²) in [6.45, 7) is 9.96. The smallest absolute Gasteiger partial charge is 0.128 e. The van der Waals surface area contributed by atoms with Gasteiger partial charge in [-0.1, -0.05) is 20.8 Å². The number of nitrogens with zero attached hydrogens (tertiary/aromatic N) is 1. The molecule has 0 bridgehead atoms. The van der Waals surface area contributed by atoms with Crippen molar-refractivity contribution < 1.29 is 0 Å². The maximum atomic E-state index is 6.07. The highest BCUT2D eigenvalue weighted by Crippen LogP contribution is 2.58. The molecule has 0 aliphatic heterocycles. The van der Waals surface area contributed by atoms with Gasteiger partial charge in [0.1, 0.15) is 5.82 Å². The number of aryl methyl sites for hydroxylation is 1. The Morgan fingerprint density at radius 3 is 2.78 bits per heavy atom. The maximum absolute atomic E-state index is 6.07. The first-order valence-electron chi connectivity index (χ1n) is 6.91. The van der Waals surface area contributed by atoms with Crippen LogP contribution in [0.15, 0.2) is 12.3 Å². The minimum atomic E-state index is 0.354. The van der Waals surface area contributed by atoms with E-state index in [1.165, 1.54) is 17.5 Å². The molecule has 1 aliphatic rings. The SMILES string of the molecule is CCCNC(c1cc(C)cnc1N)C1CC1(C)C. The molecule has 1 fully saturated rings. The van der Waals surface area contributed by atoms with E-state index in [1.54, 1.807) is 0 Å². The van der Waals surface area contributed by atoms with Gasteiger partial charge in [0, 0.05) is 17.8 Å². The van der Waals surface area contributed by atoms with Crippen LogP contribution >= 0.6 is 0 Å². The van der Waals surface area contributed by atoms with Crippen LogP contribution < -0.4 is 11.1 Å². The average molecular weight is 247 g/mol. The molecule has 0 saturated heterocycles. The lowest BCUT2D eigenvalue weighted by Crippen LogP contribution is -2.26. The van der Waals surface area contributed by atoms with Gasteiger partial charge in [0.2, 0.25) is 0 Å². The summed E-state index contributed by atoms with van der Waals surface area (Å²) in [4.78, 5) is 4.30. The molecular weight excluding hydrogens is 222 g/mol. The largest absolute Gasteiger partial charge is 0.383 e. The van der Waals surface area contributed by atoms with Gasteiger partial charge in [-0.15, -0.1) is 0 Å². The first-order chi connectivity index (χ1) is 8.45. The lowest BCUT2D eigenvalue weighted by atomic mass is 9.96. The highest BCUT2D eigenvalue weighted by Gasteiger charge is 2.50. The first kappa shape index (κ1) is 13.3. The summed E-state index contributed by atoms with van der Waals surface area (Å²) in [6, 6.07) is 2.54. The maximum Gasteiger partial charge on any atom is 0.128 e. The van der Waals surface area contributed by atoms with E-state index < -0.39 is 0 Å². The van der Waals surface area contributed by atoms with Crippen LogP contribution in [0.4, 0.5) is 5.82 Å². The lowest BCUT2D eigenvalue weighted by Gasteiger charge is -2.22. The number of nitrogens with two attached hydrogens (primary N) is 1. The third-order valence-electron chi connectivity index (χ3n) is 4.03. The number of hydrogen-bond donors (Lipinski definition) is 2. The number of pyridine rings is 1. The summed E-state index contributed by atoms with van der Waals surface area (Å²) >= 11 is 0. The molecule has 18 heavy (non-hydrogen) atoms. The number of aromatic nitrogens is 1. The minimum absolute atomic E-state index is 0.354. The third-order valence-corrected chi connectivity index (χ3v) is 4.03. The second kappa shape index (κ2) is 4.88. The van der Waals surface area contributed by atoms with Gasteiger partial charge in [-0.05, 0) is 49.3 Å². The summed E-state index contributed by atoms with van der Waals surface area (Å²) in [5, 5.41) is 3.65. The van der Waals surface area contributed by atoms with Crippen LogP contribution in [0.1, 0.15) is 50.8 Å². The molecule has 1 aromatic rings. The van der Waals surface area contributed by atoms with E-state index in [0.717, 1.165) is 13.0 Å². The highest BCUT2D eigenvalue weighted by molar-refractivity contribution is 5.44. The second-order valence-electron chi connectivity index (χ2n) is 6.22. The van der Waals surface area contributed by atoms with Crippen LogP contribution in [0.5, 0.6) is 0 Å². The molecule has 2 rings (SSSR count). The normalized spacial score (nSPS) is 22.8. The van der Waals surface area contributed by atoms with Crippen LogP contribution in [0.2, 0.25) is 0 Å². The fraction of sp³-hybridized carbons (Fsp3) is 0.667. The Labute approximate surface area is 110 Å². The second-order valence-corrected chi connectivity index (χ2v) is 6.22. The average Bonchev–Trinajstić information content (AvgIpc) is 2.93. The Hall–Kier alpha value is -1.09. The molecule has 100 valence electrons. The van der Waals surface area contributed by atoms with Crippen molar-refractivity contribution in [1.29, 1.82) is 0 Å². The molecule has 3 heteroatoms. The Morgan fingerprint density at radius 2 is 2.22 bits per heavy atom. The number of nitrogens with one attached hydrogen (secondary N) is 1. The zero-order valence-electron chi connectivity index (χ0n) is 12.0. The molecule has 3 N–H and O–H groups in total. The molecule has 0 radical (unpaired) electrons. The highest BCUT2D eigenvalue weighted by atomic mass is 15.0. The summed E-state index contributed by atoms with van der Waals surface area (Å²) < 4.78 is 0. The Balaban J connectivity index is 2.25. The van der Waals surface area contributed by atoms with Crippen molar-refractivity contribution in [3.63, 3.8) is 0 Å². The van der Waals surface area contributed by atoms with E-state index in [2.05, 4.69) is 44.1 Å². The van der Waals surface area contributed by atoms with E-state index in [0.29, 0.717) is 23.2 Å². The van der Waals surface area contributed by atoms with Gasteiger partial charge in [-0.2, -0.15) is 0 Å². The molecule has 3 nitrogen and oxygen atoms in total. The first-order valence-corrected chi connectivity index (χ1v) is 6.91. The molecule has 2 atom stereocenters. The standard InChI is InChI=1S/C15H25N3/c1-5-6-17-13(12-8-15(12,3)4)11-7-10(2)9-18-14(11)16/h7,9,12-13,17H,5-6,8H2,1-4H3,(H2,16,18). The molecule has 0 aromatic carbocycles. The van der Waals surface area contributed by atoms with E-state index >= 15 is 0 Å². The van der Waals surface area contributed by atoms with Crippen molar-refractivity contribution in [3.05, 3.63) is 23.4 Å². The van der Waals surface area contributed by atoms with Crippen molar-refractivity contribution in [2.45, 2.75) is 46.6 Å². The van der Waals surface area contributed by atoms with Gasteiger partial charge in [-0.25, -0.2) is 4.98 Å². The molecule has 1 aromatic heterocycles. The summed E-state index contributed by atoms with van der Waals surface area (Å²) in [5.41, 5.74) is 8.86. The molecule has 2 unspecified atom stereocenters. The molecular formula is C15H25N3. The lowest BCUT2D eigenvalue weighted by molar-refractivity contribution is 0.416. The molecule has 0 amide bonds. The van der Waals surface area contributed by atoms with Crippen LogP contribution in [0.25, 0.3) is 0 Å². The van der Waals surface area contributed by atoms with Crippen molar-refractivity contribution in [1.82, 2.24) is 10.3 Å². The van der Waals surface area contributed by atoms with E-state index in [9.17, 15) is 0 Å². The van der Waals surface area contributed by atoms with Crippen molar-refractivity contribution in [2.24, 2.45) is 11.3 Å². The van der Waals surface area contributed by atoms with Gasteiger partial charge in [0.05, 0.1) is 0 Å². The number of nitrogen functional groups attached to an aromatic ring is 1. The number of hydrogen-bond acceptors (Lipinski definition) is 3. The fourth-order valence-electron chi connectivity index (χ4n) is 2.70. The molecule has 1 heterocycles. The van der Waals surface area contributed by atoms with Gasteiger partial charge < -0.3 is 11.1 Å². The topological polar surface area (TPSA) is 50.9 Å². The Kier molecular flexibility index (Phi) is 3.62. The zero-order chi connectivity index (χ0) is 13.3. The van der Waals surface area contributed by atoms with Crippen molar-refractivity contribution >= 4 is 5.82 Å². The summed E-state index contributed by atoms with van der Waals surface area (Å²) in [6.07, 6.45) is 4.25. The van der Waals surface area contributed by atoms with Crippen molar-refractivity contribution in [3.8, 4) is 0 Å². The molecule has 1 aliphatic carbocycles. The van der Waals surface area contributed by atoms with Crippen LogP contribution in [0.3, 0.4) is 0 Å². The van der Waals surface area contributed by atoms with Crippen LogP contribution in [-0.4, -0.2) is 11.5 Å². The zero-order valence-corrected chi connectivity index (χ0v) is 12.0. The van der Waals surface area contributed by atoms with Crippen LogP contribution in [-0.2, 0) is 0 Å². The monoisotopic (exact) mass is 247 g/mol. The molecule has 0 spiro atoms. The van der Waals surface area contributed by atoms with Gasteiger partial charge in [0.25, 0.3) is 0 Å². The quantitative estimate of drug-likeness (QED) is 0.840. The predicted molar refractivity (Wildman–Crippen MR) is 76.3 cm³/mol. The Bertz CT molecular complexity index is 426. The van der Waals surface area contributed by atoms with Crippen LogP contribution in [0, 0.1) is 18.3 Å². The van der Waals surface area contributed by atoms with Crippen molar-refractivity contribution in [2.75, 3.05) is 12.3 Å². The third kappa shape index (κ3) is 2.66. The Morgan fingerprint density at radius 1 is 1.56 bits per heavy atom. The number of anilines is 1. The number of rotatable bonds is 5. The van der Waals surface area contributed by atoms with Gasteiger partial charge >= 0.3 is 0 Å².